The van der Waals surface area contributed by atoms with Crippen LogP contribution >= 0.6 is 0 Å². The molecule has 4 rings (SSSR count). The molecule has 1 aliphatic heterocycles. The van der Waals surface area contributed by atoms with E-state index in [1.807, 2.05) is 47.4 Å². The van der Waals surface area contributed by atoms with Crippen molar-refractivity contribution in [1.82, 2.24) is 14.8 Å². The van der Waals surface area contributed by atoms with Gasteiger partial charge in [0.1, 0.15) is 6.61 Å². The summed E-state index contributed by atoms with van der Waals surface area (Å²) in [5.41, 5.74) is 1.89. The molecule has 1 saturated carbocycles. The van der Waals surface area contributed by atoms with E-state index >= 15 is 0 Å². The maximum atomic E-state index is 13.2. The van der Waals surface area contributed by atoms with E-state index in [-0.39, 0.29) is 24.5 Å². The Morgan fingerprint density at radius 1 is 1.22 bits per heavy atom. The van der Waals surface area contributed by atoms with Gasteiger partial charge < -0.3 is 14.5 Å². The van der Waals surface area contributed by atoms with E-state index in [0.717, 1.165) is 24.0 Å². The molecule has 140 valence electrons. The molecule has 2 fully saturated rings. The second-order valence-corrected chi connectivity index (χ2v) is 7.17. The number of nitrogens with zero attached hydrogens (tertiary/aromatic N) is 3. The predicted molar refractivity (Wildman–Crippen MR) is 99.5 cm³/mol. The van der Waals surface area contributed by atoms with Crippen molar-refractivity contribution < 1.29 is 14.3 Å². The number of hydrogen-bond acceptors (Lipinski definition) is 4. The number of ether oxygens (including phenoxy) is 1. The van der Waals surface area contributed by atoms with E-state index in [2.05, 4.69) is 4.98 Å². The van der Waals surface area contributed by atoms with Gasteiger partial charge >= 0.3 is 0 Å². The lowest BCUT2D eigenvalue weighted by molar-refractivity contribution is -0.170. The van der Waals surface area contributed by atoms with Crippen LogP contribution in [-0.4, -0.2) is 52.4 Å². The first-order valence-electron chi connectivity index (χ1n) is 9.27. The highest BCUT2D eigenvalue weighted by molar-refractivity contribution is 5.86. The number of carbonyl (C=O) groups excluding carboxylic acids is 2. The van der Waals surface area contributed by atoms with E-state index < -0.39 is 12.1 Å². The molecule has 1 saturated heterocycles. The van der Waals surface area contributed by atoms with Crippen LogP contribution in [0.4, 0.5) is 0 Å². The van der Waals surface area contributed by atoms with Crippen molar-refractivity contribution in [3.63, 3.8) is 0 Å². The van der Waals surface area contributed by atoms with Gasteiger partial charge in [-0.25, -0.2) is 0 Å². The van der Waals surface area contributed by atoms with Gasteiger partial charge in [-0.15, -0.1) is 0 Å². The number of likely N-dealkylation sites (N-methyl/N-ethyl adjacent to an activating group) is 1. The molecule has 1 aliphatic carbocycles. The first-order valence-corrected chi connectivity index (χ1v) is 9.27. The third kappa shape index (κ3) is 3.71. The first-order chi connectivity index (χ1) is 13.1. The maximum Gasteiger partial charge on any atom is 0.254 e. The third-order valence-electron chi connectivity index (χ3n) is 5.11. The molecule has 0 spiro atoms. The topological polar surface area (TPSA) is 62.7 Å². The summed E-state index contributed by atoms with van der Waals surface area (Å²) in [5.74, 6) is -0.174. The molecule has 0 radical (unpaired) electrons. The molecule has 6 nitrogen and oxygen atoms in total. The number of carbonyl (C=O) groups is 2. The highest BCUT2D eigenvalue weighted by Gasteiger charge is 2.48. The van der Waals surface area contributed by atoms with Gasteiger partial charge in [0.05, 0.1) is 6.04 Å². The lowest BCUT2D eigenvalue weighted by Gasteiger charge is -2.41. The fraction of sp³-hybridized carbons (Fsp3) is 0.381. The maximum absolute atomic E-state index is 13.2. The van der Waals surface area contributed by atoms with Gasteiger partial charge in [0.15, 0.2) is 6.10 Å². The summed E-state index contributed by atoms with van der Waals surface area (Å²) in [6.07, 6.45) is 4.64. The molecule has 27 heavy (non-hydrogen) atoms. The Morgan fingerprint density at radius 3 is 2.67 bits per heavy atom. The number of morpholine rings is 1. The van der Waals surface area contributed by atoms with E-state index in [1.165, 1.54) is 0 Å². The van der Waals surface area contributed by atoms with Gasteiger partial charge in [-0.3, -0.25) is 14.6 Å². The van der Waals surface area contributed by atoms with Crippen LogP contribution in [0.1, 0.15) is 30.0 Å². The summed E-state index contributed by atoms with van der Waals surface area (Å²) in [6.45, 7) is 0.444. The Bertz CT molecular complexity index is 808. The summed E-state index contributed by atoms with van der Waals surface area (Å²) in [7, 11) is 1.77. The second-order valence-electron chi connectivity index (χ2n) is 7.17. The van der Waals surface area contributed by atoms with Crippen molar-refractivity contribution in [3.8, 4) is 0 Å². The van der Waals surface area contributed by atoms with Crippen LogP contribution in [0.15, 0.2) is 54.9 Å². The average Bonchev–Trinajstić information content (AvgIpc) is 3.53. The second kappa shape index (κ2) is 7.48. The molecule has 2 aromatic rings. The molecule has 0 N–H and O–H groups in total. The van der Waals surface area contributed by atoms with Crippen LogP contribution in [-0.2, 0) is 20.9 Å². The van der Waals surface area contributed by atoms with Crippen molar-refractivity contribution >= 4 is 11.8 Å². The fourth-order valence-electron chi connectivity index (χ4n) is 3.66. The van der Waals surface area contributed by atoms with E-state index in [9.17, 15) is 9.59 Å². The van der Waals surface area contributed by atoms with Crippen molar-refractivity contribution in [2.45, 2.75) is 37.6 Å². The van der Waals surface area contributed by atoms with Crippen LogP contribution < -0.4 is 0 Å². The molecule has 2 heterocycles. The summed E-state index contributed by atoms with van der Waals surface area (Å²) >= 11 is 0. The van der Waals surface area contributed by atoms with E-state index in [0.29, 0.717) is 6.54 Å². The summed E-state index contributed by atoms with van der Waals surface area (Å²) in [6, 6.07) is 13.3. The summed E-state index contributed by atoms with van der Waals surface area (Å²) in [5, 5.41) is 0. The van der Waals surface area contributed by atoms with Crippen LogP contribution in [0.3, 0.4) is 0 Å². The van der Waals surface area contributed by atoms with Crippen molar-refractivity contribution in [1.29, 1.82) is 0 Å². The smallest absolute Gasteiger partial charge is 0.254 e. The van der Waals surface area contributed by atoms with E-state index in [4.69, 9.17) is 4.74 Å². The predicted octanol–water partition coefficient (Wildman–Crippen LogP) is 2.17. The number of pyridine rings is 1. The third-order valence-corrected chi connectivity index (χ3v) is 5.11. The molecular weight excluding hydrogens is 342 g/mol. The first kappa shape index (κ1) is 17.7. The zero-order valence-electron chi connectivity index (χ0n) is 15.3. The SMILES string of the molecule is CN(Cc1ccccc1)C(=O)C1OCC(=O)N(C2CC2)C1c1cccnc1. The minimum atomic E-state index is -0.721. The summed E-state index contributed by atoms with van der Waals surface area (Å²) in [4.78, 5) is 33.5. The molecule has 2 aliphatic rings. The van der Waals surface area contributed by atoms with Crippen LogP contribution in [0.5, 0.6) is 0 Å². The number of rotatable bonds is 5. The molecule has 2 unspecified atom stereocenters. The van der Waals surface area contributed by atoms with E-state index in [1.54, 1.807) is 24.3 Å². The minimum Gasteiger partial charge on any atom is -0.356 e. The number of aromatic nitrogens is 1. The van der Waals surface area contributed by atoms with Crippen molar-refractivity contribution in [2.75, 3.05) is 13.7 Å². The largest absolute Gasteiger partial charge is 0.356 e. The Balaban J connectivity index is 1.60. The van der Waals surface area contributed by atoms with Crippen molar-refractivity contribution in [3.05, 3.63) is 66.0 Å². The van der Waals surface area contributed by atoms with Gasteiger partial charge in [-0.2, -0.15) is 0 Å². The fourth-order valence-corrected chi connectivity index (χ4v) is 3.66. The molecule has 0 bridgehead atoms. The molecule has 2 atom stereocenters. The van der Waals surface area contributed by atoms with Gasteiger partial charge in [0.2, 0.25) is 5.91 Å². The Labute approximate surface area is 158 Å². The lowest BCUT2D eigenvalue weighted by atomic mass is 9.97. The number of hydrogen-bond donors (Lipinski definition) is 0. The zero-order valence-corrected chi connectivity index (χ0v) is 15.3. The van der Waals surface area contributed by atoms with Crippen LogP contribution in [0.2, 0.25) is 0 Å². The lowest BCUT2D eigenvalue weighted by Crippen LogP contribution is -2.55. The van der Waals surface area contributed by atoms with Gasteiger partial charge in [0, 0.05) is 32.0 Å². The average molecular weight is 365 g/mol. The molecule has 6 heteroatoms. The Hall–Kier alpha value is -2.73. The number of amides is 2. The molecule has 1 aromatic carbocycles. The molecule has 1 aromatic heterocycles. The van der Waals surface area contributed by atoms with Gasteiger partial charge in [-0.05, 0) is 30.0 Å². The van der Waals surface area contributed by atoms with Crippen LogP contribution in [0, 0.1) is 0 Å². The minimum absolute atomic E-state index is 0.0527. The molecule has 2 amide bonds. The summed E-state index contributed by atoms with van der Waals surface area (Å²) < 4.78 is 5.78. The van der Waals surface area contributed by atoms with Gasteiger partial charge in [0.25, 0.3) is 5.91 Å². The standard InChI is InChI=1S/C21H23N3O3/c1-23(13-15-6-3-2-4-7-15)21(26)20-19(16-8-5-11-22-12-16)24(17-9-10-17)18(25)14-27-20/h2-8,11-12,17,19-20H,9-10,13-14H2,1H3. The van der Waals surface area contributed by atoms with Crippen LogP contribution in [0.25, 0.3) is 0 Å². The number of benzene rings is 1. The quantitative estimate of drug-likeness (QED) is 0.815. The van der Waals surface area contributed by atoms with Crippen molar-refractivity contribution in [2.24, 2.45) is 0 Å². The highest BCUT2D eigenvalue weighted by Crippen LogP contribution is 2.39. The Morgan fingerprint density at radius 2 is 2.00 bits per heavy atom. The zero-order chi connectivity index (χ0) is 18.8. The Kier molecular flexibility index (Phi) is 4.90. The monoisotopic (exact) mass is 365 g/mol. The molecular formula is C21H23N3O3. The normalized spacial score (nSPS) is 22.6. The van der Waals surface area contributed by atoms with Gasteiger partial charge in [-0.1, -0.05) is 36.4 Å². The highest BCUT2D eigenvalue weighted by atomic mass is 16.5.